The largest absolute Gasteiger partial charge is 0.481 e. The topological polar surface area (TPSA) is 268 Å². The molecule has 0 saturated heterocycles. The van der Waals surface area contributed by atoms with Crippen LogP contribution in [-0.4, -0.2) is 81.5 Å². The molecular formula is C27H40N8O7. The minimum atomic E-state index is -1.39. The third-order valence-corrected chi connectivity index (χ3v) is 6.82. The van der Waals surface area contributed by atoms with E-state index in [1.807, 2.05) is 24.3 Å². The zero-order chi connectivity index (χ0) is 31.4. The van der Waals surface area contributed by atoms with Crippen LogP contribution in [0.15, 0.2) is 35.5 Å². The molecule has 42 heavy (non-hydrogen) atoms. The number of nitrogens with two attached hydrogens (primary N) is 3. The Balaban J connectivity index is 2.31. The lowest BCUT2D eigenvalue weighted by Crippen LogP contribution is -2.59. The Hall–Kier alpha value is -4.66. The summed E-state index contributed by atoms with van der Waals surface area (Å²) in [6.07, 6.45) is 1.82. The second-order valence-corrected chi connectivity index (χ2v) is 10.0. The predicted molar refractivity (Wildman–Crippen MR) is 155 cm³/mol. The van der Waals surface area contributed by atoms with E-state index in [2.05, 4.69) is 25.9 Å². The van der Waals surface area contributed by atoms with Crippen LogP contribution in [0.25, 0.3) is 10.9 Å². The van der Waals surface area contributed by atoms with Crippen molar-refractivity contribution in [1.82, 2.24) is 20.9 Å². The fraction of sp³-hybridized carbons (Fsp3) is 0.481. The van der Waals surface area contributed by atoms with E-state index in [0.717, 1.165) is 10.9 Å². The Bertz CT molecular complexity index is 1290. The molecule has 0 bridgehead atoms. The van der Waals surface area contributed by atoms with Gasteiger partial charge in [0, 0.05) is 30.1 Å². The standard InChI is InChI=1S/C27H40N8O7/c1-3-14(2)22(35-23(38)17(28)12-21(36)37)25(40)34-20(11-15-13-32-18-8-5-4-7-16(15)18)24(39)33-19(26(41)42)9-6-10-31-27(29)30/h4-5,7-8,13-14,17,19-20,22,32H,3,6,9-12,28H2,1-2H3,(H,33,39)(H,34,40)(H,35,38)(H,36,37)(H,41,42)(H4,29,30,31). The number of aromatic nitrogens is 1. The molecule has 2 aromatic rings. The summed E-state index contributed by atoms with van der Waals surface area (Å²) in [5.74, 6) is -5.39. The van der Waals surface area contributed by atoms with Gasteiger partial charge in [-0.3, -0.25) is 24.2 Å². The number of carboxylic acid groups (broad SMARTS) is 2. The summed E-state index contributed by atoms with van der Waals surface area (Å²) >= 11 is 0. The first-order valence-electron chi connectivity index (χ1n) is 13.6. The lowest BCUT2D eigenvalue weighted by Gasteiger charge is -2.28. The van der Waals surface area contributed by atoms with Crippen LogP contribution in [-0.2, 0) is 30.4 Å². The van der Waals surface area contributed by atoms with Gasteiger partial charge in [-0.25, -0.2) is 4.79 Å². The molecule has 12 N–H and O–H groups in total. The van der Waals surface area contributed by atoms with Gasteiger partial charge in [0.15, 0.2) is 5.96 Å². The average Bonchev–Trinajstić information content (AvgIpc) is 3.34. The molecule has 0 aliphatic carbocycles. The van der Waals surface area contributed by atoms with Crippen LogP contribution in [0.3, 0.4) is 0 Å². The number of benzene rings is 1. The second kappa shape index (κ2) is 16.0. The van der Waals surface area contributed by atoms with Crippen molar-refractivity contribution in [3.63, 3.8) is 0 Å². The van der Waals surface area contributed by atoms with E-state index in [-0.39, 0.29) is 31.8 Å². The van der Waals surface area contributed by atoms with Crippen molar-refractivity contribution in [2.24, 2.45) is 28.1 Å². The summed E-state index contributed by atoms with van der Waals surface area (Å²) < 4.78 is 0. The quantitative estimate of drug-likeness (QED) is 0.0627. The average molecular weight is 589 g/mol. The number of hydrogen-bond acceptors (Lipinski definition) is 7. The Morgan fingerprint density at radius 1 is 0.976 bits per heavy atom. The van der Waals surface area contributed by atoms with Gasteiger partial charge < -0.3 is 48.3 Å². The number of aromatic amines is 1. The molecule has 0 saturated carbocycles. The second-order valence-electron chi connectivity index (χ2n) is 10.0. The number of H-pyrrole nitrogens is 1. The van der Waals surface area contributed by atoms with E-state index in [1.54, 1.807) is 20.0 Å². The van der Waals surface area contributed by atoms with Crippen molar-refractivity contribution >= 4 is 46.5 Å². The number of hydrogen-bond donors (Lipinski definition) is 9. The van der Waals surface area contributed by atoms with Gasteiger partial charge in [-0.05, 0) is 30.4 Å². The van der Waals surface area contributed by atoms with Crippen LogP contribution >= 0.6 is 0 Å². The highest BCUT2D eigenvalue weighted by Crippen LogP contribution is 2.20. The molecule has 1 aromatic heterocycles. The molecule has 15 heteroatoms. The lowest BCUT2D eigenvalue weighted by molar-refractivity contribution is -0.142. The zero-order valence-corrected chi connectivity index (χ0v) is 23.6. The van der Waals surface area contributed by atoms with Gasteiger partial charge in [-0.2, -0.15) is 0 Å². The molecule has 0 radical (unpaired) electrons. The summed E-state index contributed by atoms with van der Waals surface area (Å²) in [6.45, 7) is 3.67. The van der Waals surface area contributed by atoms with E-state index >= 15 is 0 Å². The fourth-order valence-electron chi connectivity index (χ4n) is 4.27. The van der Waals surface area contributed by atoms with E-state index in [0.29, 0.717) is 12.0 Å². The summed E-state index contributed by atoms with van der Waals surface area (Å²) in [6, 6.07) is 2.30. The van der Waals surface area contributed by atoms with Crippen molar-refractivity contribution in [2.45, 2.75) is 70.1 Å². The summed E-state index contributed by atoms with van der Waals surface area (Å²) in [7, 11) is 0. The Morgan fingerprint density at radius 2 is 1.64 bits per heavy atom. The number of fused-ring (bicyclic) bond motifs is 1. The number of carboxylic acids is 2. The highest BCUT2D eigenvalue weighted by molar-refractivity contribution is 5.95. The van der Waals surface area contributed by atoms with Gasteiger partial charge in [0.25, 0.3) is 0 Å². The van der Waals surface area contributed by atoms with Gasteiger partial charge in [0.1, 0.15) is 18.1 Å². The highest BCUT2D eigenvalue weighted by Gasteiger charge is 2.33. The molecular weight excluding hydrogens is 548 g/mol. The molecule has 0 fully saturated rings. The number of carbonyl (C=O) groups excluding carboxylic acids is 3. The minimum Gasteiger partial charge on any atom is -0.481 e. The number of para-hydroxylation sites is 1. The molecule has 5 atom stereocenters. The summed E-state index contributed by atoms with van der Waals surface area (Å²) in [5.41, 5.74) is 17.8. The smallest absolute Gasteiger partial charge is 0.326 e. The first-order chi connectivity index (χ1) is 19.8. The van der Waals surface area contributed by atoms with Crippen LogP contribution in [0.1, 0.15) is 45.1 Å². The maximum Gasteiger partial charge on any atom is 0.326 e. The van der Waals surface area contributed by atoms with Crippen LogP contribution in [0.2, 0.25) is 0 Å². The van der Waals surface area contributed by atoms with Crippen LogP contribution in [0, 0.1) is 5.92 Å². The number of rotatable bonds is 17. The third kappa shape index (κ3) is 10.1. The van der Waals surface area contributed by atoms with Gasteiger partial charge in [0.05, 0.1) is 12.5 Å². The number of nitrogens with zero attached hydrogens (tertiary/aromatic N) is 1. The highest BCUT2D eigenvalue weighted by atomic mass is 16.4. The van der Waals surface area contributed by atoms with Gasteiger partial charge in [0.2, 0.25) is 17.7 Å². The minimum absolute atomic E-state index is 0.00161. The lowest BCUT2D eigenvalue weighted by atomic mass is 9.96. The van der Waals surface area contributed by atoms with Crippen molar-refractivity contribution < 1.29 is 34.2 Å². The molecule has 0 aliphatic rings. The molecule has 3 amide bonds. The van der Waals surface area contributed by atoms with E-state index in [1.165, 1.54) is 0 Å². The van der Waals surface area contributed by atoms with E-state index in [4.69, 9.17) is 22.3 Å². The first-order valence-corrected chi connectivity index (χ1v) is 13.6. The third-order valence-electron chi connectivity index (χ3n) is 6.82. The molecule has 0 aliphatic heterocycles. The van der Waals surface area contributed by atoms with Crippen LogP contribution in [0.4, 0.5) is 0 Å². The van der Waals surface area contributed by atoms with Crippen molar-refractivity contribution in [3.05, 3.63) is 36.0 Å². The Labute approximate surface area is 242 Å². The Morgan fingerprint density at radius 3 is 2.26 bits per heavy atom. The number of guanidine groups is 1. The van der Waals surface area contributed by atoms with E-state index < -0.39 is 66.2 Å². The monoisotopic (exact) mass is 588 g/mol. The van der Waals surface area contributed by atoms with Crippen LogP contribution < -0.4 is 33.2 Å². The SMILES string of the molecule is CCC(C)C(NC(=O)C(N)CC(=O)O)C(=O)NC(Cc1c[nH]c2ccccc12)C(=O)NC(CCCN=C(N)N)C(=O)O. The zero-order valence-electron chi connectivity index (χ0n) is 23.6. The molecule has 1 heterocycles. The van der Waals surface area contributed by atoms with Crippen LogP contribution in [0.5, 0.6) is 0 Å². The number of aliphatic imine (C=N–C) groups is 1. The van der Waals surface area contributed by atoms with Gasteiger partial charge in [-0.15, -0.1) is 0 Å². The number of aliphatic carboxylic acids is 2. The molecule has 0 spiro atoms. The maximum atomic E-state index is 13.5. The number of nitrogens with one attached hydrogen (secondary N) is 4. The molecule has 2 rings (SSSR count). The number of carbonyl (C=O) groups is 5. The first kappa shape index (κ1) is 33.5. The van der Waals surface area contributed by atoms with Crippen molar-refractivity contribution in [3.8, 4) is 0 Å². The molecule has 230 valence electrons. The normalized spacial score (nSPS) is 14.5. The maximum absolute atomic E-state index is 13.5. The van der Waals surface area contributed by atoms with Gasteiger partial charge in [-0.1, -0.05) is 38.5 Å². The summed E-state index contributed by atoms with van der Waals surface area (Å²) in [4.78, 5) is 69.4. The van der Waals surface area contributed by atoms with Gasteiger partial charge >= 0.3 is 11.9 Å². The molecule has 1 aromatic carbocycles. The molecule has 15 nitrogen and oxygen atoms in total. The van der Waals surface area contributed by atoms with Crippen molar-refractivity contribution in [1.29, 1.82) is 0 Å². The fourth-order valence-corrected chi connectivity index (χ4v) is 4.27. The van der Waals surface area contributed by atoms with E-state index in [9.17, 15) is 29.1 Å². The number of amides is 3. The van der Waals surface area contributed by atoms with Crippen molar-refractivity contribution in [2.75, 3.05) is 6.54 Å². The molecule has 5 unspecified atom stereocenters. The summed E-state index contributed by atoms with van der Waals surface area (Å²) in [5, 5.41) is 27.1. The predicted octanol–water partition coefficient (Wildman–Crippen LogP) is -0.849. The Kier molecular flexibility index (Phi) is 12.7.